The number of sulfonamides is 1. The number of hydrogen-bond acceptors (Lipinski definition) is 6. The summed E-state index contributed by atoms with van der Waals surface area (Å²) < 4.78 is 40.8. The van der Waals surface area contributed by atoms with Gasteiger partial charge in [-0.15, -0.1) is 0 Å². The highest BCUT2D eigenvalue weighted by molar-refractivity contribution is 7.92. The smallest absolute Gasteiger partial charge is 0.264 e. The third-order valence-electron chi connectivity index (χ3n) is 7.87. The second kappa shape index (κ2) is 16.9. The van der Waals surface area contributed by atoms with E-state index in [2.05, 4.69) is 5.32 Å². The lowest BCUT2D eigenvalue weighted by molar-refractivity contribution is -0.140. The lowest BCUT2D eigenvalue weighted by atomic mass is 10.0. The number of ether oxygens (including phenoxy) is 2. The Hall–Kier alpha value is -4.25. The number of methoxy groups -OCH3 is 2. The van der Waals surface area contributed by atoms with E-state index in [-0.39, 0.29) is 34.5 Å². The molecule has 0 spiro atoms. The van der Waals surface area contributed by atoms with Gasteiger partial charge in [-0.3, -0.25) is 13.9 Å². The maximum absolute atomic E-state index is 14.7. The standard InChI is InChI=1S/C37H41Cl2N3O6S/c1-6-16-40-37(44)33(21-27-10-8-7-9-11-27)41(23-28-12-14-31(38)32(39)20-28)36(43)24-42(29-18-25(2)17-26(3)19-29)49(45,46)30-13-15-34(47-4)35(22-30)48-5/h7-15,17-20,22,33H,6,16,21,23-24H2,1-5H3,(H,40,44). The molecule has 1 atom stereocenters. The van der Waals surface area contributed by atoms with Gasteiger partial charge in [-0.1, -0.05) is 72.6 Å². The molecular weight excluding hydrogens is 685 g/mol. The van der Waals surface area contributed by atoms with Crippen molar-refractivity contribution in [3.8, 4) is 11.5 Å². The van der Waals surface area contributed by atoms with Crippen LogP contribution >= 0.6 is 23.2 Å². The van der Waals surface area contributed by atoms with Crippen molar-refractivity contribution in [3.63, 3.8) is 0 Å². The number of rotatable bonds is 15. The summed E-state index contributed by atoms with van der Waals surface area (Å²) in [6, 6.07) is 22.9. The SMILES string of the molecule is CCCNC(=O)C(Cc1ccccc1)N(Cc1ccc(Cl)c(Cl)c1)C(=O)CN(c1cc(C)cc(C)c1)S(=O)(=O)c1ccc(OC)c(OC)c1. The van der Waals surface area contributed by atoms with Crippen LogP contribution in [-0.4, -0.2) is 58.5 Å². The molecule has 4 aromatic rings. The Morgan fingerprint density at radius 1 is 0.816 bits per heavy atom. The Bertz CT molecular complexity index is 1870. The Morgan fingerprint density at radius 2 is 1.49 bits per heavy atom. The number of amides is 2. The molecule has 2 amide bonds. The maximum Gasteiger partial charge on any atom is 0.264 e. The molecule has 49 heavy (non-hydrogen) atoms. The first-order valence-electron chi connectivity index (χ1n) is 15.8. The van der Waals surface area contributed by atoms with E-state index in [0.29, 0.717) is 35.0 Å². The van der Waals surface area contributed by atoms with Crippen LogP contribution in [-0.2, 0) is 32.6 Å². The molecule has 260 valence electrons. The first-order chi connectivity index (χ1) is 23.4. The average Bonchev–Trinajstić information content (AvgIpc) is 3.08. The summed E-state index contributed by atoms with van der Waals surface area (Å²) in [6.07, 6.45) is 0.879. The topological polar surface area (TPSA) is 105 Å². The third-order valence-corrected chi connectivity index (χ3v) is 10.4. The summed E-state index contributed by atoms with van der Waals surface area (Å²) in [5, 5.41) is 3.56. The molecule has 0 saturated carbocycles. The number of halogens is 2. The van der Waals surface area contributed by atoms with Gasteiger partial charge in [-0.05, 0) is 78.9 Å². The summed E-state index contributed by atoms with van der Waals surface area (Å²) in [6.45, 7) is 5.40. The van der Waals surface area contributed by atoms with Crippen LogP contribution in [0.25, 0.3) is 0 Å². The van der Waals surface area contributed by atoms with E-state index >= 15 is 0 Å². The Labute approximate surface area is 298 Å². The normalized spacial score (nSPS) is 11.8. The first-order valence-corrected chi connectivity index (χ1v) is 18.0. The van der Waals surface area contributed by atoms with Gasteiger partial charge in [-0.2, -0.15) is 0 Å². The molecule has 0 heterocycles. The lowest BCUT2D eigenvalue weighted by Crippen LogP contribution is -2.53. The maximum atomic E-state index is 14.7. The molecule has 0 aliphatic rings. The van der Waals surface area contributed by atoms with Gasteiger partial charge in [0.05, 0.1) is 34.8 Å². The van der Waals surface area contributed by atoms with E-state index in [0.717, 1.165) is 21.0 Å². The minimum atomic E-state index is -4.37. The van der Waals surface area contributed by atoms with Gasteiger partial charge in [0, 0.05) is 25.6 Å². The van der Waals surface area contributed by atoms with Crippen molar-refractivity contribution in [2.75, 3.05) is 31.6 Å². The summed E-state index contributed by atoms with van der Waals surface area (Å²) in [7, 11) is -1.50. The van der Waals surface area contributed by atoms with Gasteiger partial charge >= 0.3 is 0 Å². The number of carbonyl (C=O) groups is 2. The summed E-state index contributed by atoms with van der Waals surface area (Å²) in [4.78, 5) is 29.9. The van der Waals surface area contributed by atoms with Crippen molar-refractivity contribution in [3.05, 3.63) is 117 Å². The van der Waals surface area contributed by atoms with Crippen molar-refractivity contribution in [1.29, 1.82) is 0 Å². The zero-order valence-corrected chi connectivity index (χ0v) is 30.5. The first kappa shape index (κ1) is 37.6. The minimum Gasteiger partial charge on any atom is -0.493 e. The minimum absolute atomic E-state index is 0.0378. The van der Waals surface area contributed by atoms with Crippen molar-refractivity contribution in [1.82, 2.24) is 10.2 Å². The quantitative estimate of drug-likeness (QED) is 0.142. The van der Waals surface area contributed by atoms with Crippen molar-refractivity contribution in [2.24, 2.45) is 0 Å². The van der Waals surface area contributed by atoms with Crippen LogP contribution < -0.4 is 19.1 Å². The zero-order valence-electron chi connectivity index (χ0n) is 28.2. The Kier molecular flexibility index (Phi) is 13.0. The van der Waals surface area contributed by atoms with Crippen molar-refractivity contribution < 1.29 is 27.5 Å². The van der Waals surface area contributed by atoms with Gasteiger partial charge in [0.15, 0.2) is 11.5 Å². The van der Waals surface area contributed by atoms with E-state index in [1.807, 2.05) is 57.2 Å². The highest BCUT2D eigenvalue weighted by atomic mass is 35.5. The summed E-state index contributed by atoms with van der Waals surface area (Å²) in [5.74, 6) is -0.390. The van der Waals surface area contributed by atoms with Crippen molar-refractivity contribution >= 4 is 50.7 Å². The number of nitrogens with zero attached hydrogens (tertiary/aromatic N) is 2. The van der Waals surface area contributed by atoms with E-state index in [1.165, 1.54) is 37.3 Å². The fraction of sp³-hybridized carbons (Fsp3) is 0.297. The van der Waals surface area contributed by atoms with Crippen LogP contribution in [0.1, 0.15) is 35.6 Å². The molecule has 0 radical (unpaired) electrons. The van der Waals surface area contributed by atoms with Gasteiger partial charge in [-0.25, -0.2) is 8.42 Å². The number of hydrogen-bond donors (Lipinski definition) is 1. The number of nitrogens with one attached hydrogen (secondary N) is 1. The fourth-order valence-corrected chi connectivity index (χ4v) is 7.22. The molecule has 4 rings (SSSR count). The molecule has 1 N–H and O–H groups in total. The van der Waals surface area contributed by atoms with Crippen LogP contribution in [0, 0.1) is 13.8 Å². The highest BCUT2D eigenvalue weighted by Gasteiger charge is 2.35. The molecule has 0 bridgehead atoms. The molecule has 0 fully saturated rings. The highest BCUT2D eigenvalue weighted by Crippen LogP contribution is 2.33. The second-order valence-electron chi connectivity index (χ2n) is 11.6. The monoisotopic (exact) mass is 725 g/mol. The molecule has 9 nitrogen and oxygen atoms in total. The van der Waals surface area contributed by atoms with Gasteiger partial charge in [0.2, 0.25) is 11.8 Å². The number of carbonyl (C=O) groups excluding carboxylic acids is 2. The van der Waals surface area contributed by atoms with Crippen LogP contribution in [0.2, 0.25) is 10.0 Å². The molecule has 0 saturated heterocycles. The van der Waals surface area contributed by atoms with E-state index in [4.69, 9.17) is 32.7 Å². The van der Waals surface area contributed by atoms with Gasteiger partial charge in [0.25, 0.3) is 10.0 Å². The largest absolute Gasteiger partial charge is 0.493 e. The summed E-state index contributed by atoms with van der Waals surface area (Å²) in [5.41, 5.74) is 3.36. The predicted octanol–water partition coefficient (Wildman–Crippen LogP) is 6.99. The number of aryl methyl sites for hydroxylation is 2. The zero-order chi connectivity index (χ0) is 35.7. The molecule has 12 heteroatoms. The molecule has 0 aliphatic heterocycles. The Morgan fingerprint density at radius 3 is 2.10 bits per heavy atom. The average molecular weight is 727 g/mol. The van der Waals surface area contributed by atoms with E-state index < -0.39 is 28.5 Å². The van der Waals surface area contributed by atoms with Crippen LogP contribution in [0.3, 0.4) is 0 Å². The molecule has 0 aromatic heterocycles. The van der Waals surface area contributed by atoms with Crippen LogP contribution in [0.15, 0.2) is 89.8 Å². The number of anilines is 1. The summed E-state index contributed by atoms with van der Waals surface area (Å²) >= 11 is 12.6. The van der Waals surface area contributed by atoms with Crippen molar-refractivity contribution in [2.45, 2.75) is 51.1 Å². The van der Waals surface area contributed by atoms with Gasteiger partial charge in [0.1, 0.15) is 12.6 Å². The number of benzene rings is 4. The third kappa shape index (κ3) is 9.47. The fourth-order valence-electron chi connectivity index (χ4n) is 5.48. The van der Waals surface area contributed by atoms with E-state index in [1.54, 1.807) is 30.3 Å². The second-order valence-corrected chi connectivity index (χ2v) is 14.3. The molecule has 4 aromatic carbocycles. The Balaban J connectivity index is 1.86. The molecule has 1 unspecified atom stereocenters. The molecule has 0 aliphatic carbocycles. The van der Waals surface area contributed by atoms with Crippen LogP contribution in [0.4, 0.5) is 5.69 Å². The predicted molar refractivity (Wildman–Crippen MR) is 194 cm³/mol. The van der Waals surface area contributed by atoms with E-state index in [9.17, 15) is 18.0 Å². The van der Waals surface area contributed by atoms with Crippen LogP contribution in [0.5, 0.6) is 11.5 Å². The molecular formula is C37H41Cl2N3O6S. The lowest BCUT2D eigenvalue weighted by Gasteiger charge is -2.34. The van der Waals surface area contributed by atoms with Gasteiger partial charge < -0.3 is 19.7 Å².